The molecule has 0 spiro atoms. The number of nitrogens with zero attached hydrogens (tertiary/aromatic N) is 1. The van der Waals surface area contributed by atoms with Gasteiger partial charge in [0, 0.05) is 37.3 Å². The fourth-order valence-electron chi connectivity index (χ4n) is 3.99. The molecule has 1 heterocycles. The van der Waals surface area contributed by atoms with Gasteiger partial charge in [-0.2, -0.15) is 8.78 Å². The monoisotopic (exact) mass is 595 g/mol. The van der Waals surface area contributed by atoms with Crippen LogP contribution in [-0.2, 0) is 41.6 Å². The molecule has 0 aliphatic carbocycles. The van der Waals surface area contributed by atoms with Gasteiger partial charge in [0.2, 0.25) is 0 Å². The van der Waals surface area contributed by atoms with Gasteiger partial charge in [0.25, 0.3) is 0 Å². The quantitative estimate of drug-likeness (QED) is 0.157. The summed E-state index contributed by atoms with van der Waals surface area (Å²) in [6.07, 6.45) is 0.0592. The Balaban J connectivity index is 2.71. The van der Waals surface area contributed by atoms with Gasteiger partial charge >= 0.3 is 30.5 Å². The first-order valence-corrected chi connectivity index (χ1v) is 13.2. The number of nitrogens with one attached hydrogen (secondary N) is 2. The summed E-state index contributed by atoms with van der Waals surface area (Å²) in [7, 11) is 2.24. The van der Waals surface area contributed by atoms with Crippen molar-refractivity contribution in [2.75, 3.05) is 40.5 Å². The Morgan fingerprint density at radius 1 is 0.810 bits per heavy atom. The first-order chi connectivity index (χ1) is 20.2. The number of methoxy groups -OCH3 is 2. The molecule has 0 amide bonds. The number of hydrogen-bond acceptors (Lipinski definition) is 12. The Bertz CT molecular complexity index is 1180. The minimum atomic E-state index is -3.20. The average Bonchev–Trinajstić information content (AvgIpc) is 2.96. The van der Waals surface area contributed by atoms with E-state index < -0.39 is 30.5 Å². The van der Waals surface area contributed by atoms with Gasteiger partial charge in [0.1, 0.15) is 5.75 Å². The molecule has 42 heavy (non-hydrogen) atoms. The van der Waals surface area contributed by atoms with E-state index >= 15 is 0 Å². The van der Waals surface area contributed by atoms with Gasteiger partial charge in [-0.1, -0.05) is 18.2 Å². The molecule has 14 heteroatoms. The van der Waals surface area contributed by atoms with Crippen molar-refractivity contribution in [2.24, 2.45) is 0 Å². The molecule has 230 valence electrons. The lowest BCUT2D eigenvalue weighted by molar-refractivity contribution is -0.143. The molecular weight excluding hydrogens is 560 g/mol. The number of carbonyl (C=O) groups is 4. The molecule has 0 aliphatic heterocycles. The van der Waals surface area contributed by atoms with Crippen LogP contribution >= 0.6 is 0 Å². The molecule has 12 nitrogen and oxygen atoms in total. The lowest BCUT2D eigenvalue weighted by Gasteiger charge is -2.21. The number of rotatable bonds is 17. The Morgan fingerprint density at radius 2 is 1.29 bits per heavy atom. The maximum atomic E-state index is 13.4. The second-order valence-corrected chi connectivity index (χ2v) is 8.45. The molecule has 0 atom stereocenters. The van der Waals surface area contributed by atoms with Crippen LogP contribution in [0.5, 0.6) is 5.75 Å². The Labute approximate surface area is 242 Å². The van der Waals surface area contributed by atoms with E-state index in [-0.39, 0.29) is 91.6 Å². The van der Waals surface area contributed by atoms with E-state index in [1.54, 1.807) is 13.8 Å². The lowest BCUT2D eigenvalue weighted by atomic mass is 9.91. The molecule has 0 aliphatic rings. The SMILES string of the molecule is CCOC(=O)CCNCc1nc(CNCCC(=O)OCC)c(C(=O)OC)c(-c2ccccc2OC(F)F)c1C(=O)OC. The Morgan fingerprint density at radius 3 is 1.71 bits per heavy atom. The van der Waals surface area contributed by atoms with Crippen molar-refractivity contribution in [3.05, 3.63) is 46.8 Å². The van der Waals surface area contributed by atoms with E-state index in [1.807, 2.05) is 0 Å². The number of aromatic nitrogens is 1. The zero-order chi connectivity index (χ0) is 31.1. The average molecular weight is 596 g/mol. The number of alkyl halides is 2. The van der Waals surface area contributed by atoms with Gasteiger partial charge in [-0.15, -0.1) is 0 Å². The van der Waals surface area contributed by atoms with E-state index in [0.717, 1.165) is 14.2 Å². The highest BCUT2D eigenvalue weighted by Crippen LogP contribution is 2.38. The summed E-state index contributed by atoms with van der Waals surface area (Å²) in [5.74, 6) is -2.98. The van der Waals surface area contributed by atoms with E-state index in [2.05, 4.69) is 15.6 Å². The number of para-hydroxylation sites is 1. The van der Waals surface area contributed by atoms with Crippen molar-refractivity contribution in [3.8, 4) is 16.9 Å². The van der Waals surface area contributed by atoms with Crippen LogP contribution in [0.1, 0.15) is 58.8 Å². The number of esters is 4. The van der Waals surface area contributed by atoms with Crippen LogP contribution in [-0.4, -0.2) is 76.0 Å². The van der Waals surface area contributed by atoms with Gasteiger partial charge in [-0.05, 0) is 19.9 Å². The highest BCUT2D eigenvalue weighted by Gasteiger charge is 2.31. The fourth-order valence-corrected chi connectivity index (χ4v) is 3.99. The number of ether oxygens (including phenoxy) is 5. The molecule has 0 bridgehead atoms. The van der Waals surface area contributed by atoms with Crippen molar-refractivity contribution in [1.82, 2.24) is 15.6 Å². The number of pyridine rings is 1. The minimum absolute atomic E-state index is 0.0125. The highest BCUT2D eigenvalue weighted by molar-refractivity contribution is 6.08. The maximum Gasteiger partial charge on any atom is 0.387 e. The summed E-state index contributed by atoms with van der Waals surface area (Å²) in [6, 6.07) is 5.64. The zero-order valence-corrected chi connectivity index (χ0v) is 23.9. The zero-order valence-electron chi connectivity index (χ0n) is 23.9. The van der Waals surface area contributed by atoms with E-state index in [4.69, 9.17) is 23.7 Å². The lowest BCUT2D eigenvalue weighted by Crippen LogP contribution is -2.27. The number of benzene rings is 1. The third-order valence-electron chi connectivity index (χ3n) is 5.71. The van der Waals surface area contributed by atoms with E-state index in [0.29, 0.717) is 0 Å². The van der Waals surface area contributed by atoms with Crippen molar-refractivity contribution in [1.29, 1.82) is 0 Å². The van der Waals surface area contributed by atoms with Crippen LogP contribution in [0, 0.1) is 0 Å². The molecule has 0 saturated heterocycles. The number of hydrogen-bond donors (Lipinski definition) is 2. The Hall–Kier alpha value is -4.17. The van der Waals surface area contributed by atoms with Crippen molar-refractivity contribution in [2.45, 2.75) is 46.4 Å². The number of carbonyl (C=O) groups excluding carboxylic acids is 4. The van der Waals surface area contributed by atoms with Gasteiger partial charge in [-0.25, -0.2) is 9.59 Å². The molecule has 1 aromatic carbocycles. The molecule has 0 unspecified atom stereocenters. The molecule has 2 rings (SSSR count). The largest absolute Gasteiger partial charge is 0.466 e. The van der Waals surface area contributed by atoms with Gasteiger partial charge in [-0.3, -0.25) is 14.6 Å². The van der Waals surface area contributed by atoms with Gasteiger partial charge < -0.3 is 34.3 Å². The molecule has 2 aromatic rings. The van der Waals surface area contributed by atoms with Crippen molar-refractivity contribution < 1.29 is 51.6 Å². The Kier molecular flexibility index (Phi) is 14.3. The third kappa shape index (κ3) is 9.73. The second-order valence-electron chi connectivity index (χ2n) is 8.45. The second kappa shape index (κ2) is 17.6. The van der Waals surface area contributed by atoms with Crippen LogP contribution in [0.15, 0.2) is 24.3 Å². The number of halogens is 2. The molecular formula is C28H35F2N3O9. The van der Waals surface area contributed by atoms with Crippen LogP contribution in [0.3, 0.4) is 0 Å². The minimum Gasteiger partial charge on any atom is -0.466 e. The molecule has 0 fully saturated rings. The van der Waals surface area contributed by atoms with Gasteiger partial charge in [0.05, 0.1) is 62.8 Å². The highest BCUT2D eigenvalue weighted by atomic mass is 19.3. The normalized spacial score (nSPS) is 10.7. The molecule has 0 saturated carbocycles. The predicted molar refractivity (Wildman–Crippen MR) is 145 cm³/mol. The molecule has 2 N–H and O–H groups in total. The first-order valence-electron chi connectivity index (χ1n) is 13.2. The summed E-state index contributed by atoms with van der Waals surface area (Å²) in [4.78, 5) is 54.4. The van der Waals surface area contributed by atoms with Crippen LogP contribution in [0.25, 0.3) is 11.1 Å². The maximum absolute atomic E-state index is 13.4. The van der Waals surface area contributed by atoms with Crippen molar-refractivity contribution in [3.63, 3.8) is 0 Å². The summed E-state index contributed by atoms with van der Waals surface area (Å²) in [5, 5.41) is 6.00. The third-order valence-corrected chi connectivity index (χ3v) is 5.71. The summed E-state index contributed by atoms with van der Waals surface area (Å²) >= 11 is 0. The predicted octanol–water partition coefficient (Wildman–Crippen LogP) is 3.01. The molecule has 0 radical (unpaired) electrons. The molecule has 1 aromatic heterocycles. The van der Waals surface area contributed by atoms with E-state index in [1.165, 1.54) is 24.3 Å². The van der Waals surface area contributed by atoms with Crippen LogP contribution in [0.2, 0.25) is 0 Å². The van der Waals surface area contributed by atoms with E-state index in [9.17, 15) is 28.0 Å². The van der Waals surface area contributed by atoms with Crippen LogP contribution < -0.4 is 15.4 Å². The standard InChI is InChI=1S/C28H35F2N3O9/c1-5-40-21(34)11-13-31-15-18-24(26(36)38-3)23(17-9-7-8-10-20(17)42-28(29)30)25(27(37)39-4)19(33-18)16-32-14-12-22(35)41-6-2/h7-10,28,31-32H,5-6,11-16H2,1-4H3. The van der Waals surface area contributed by atoms with Crippen LogP contribution in [0.4, 0.5) is 8.78 Å². The summed E-state index contributed by atoms with van der Waals surface area (Å²) in [6.45, 7) is 0.763. The summed E-state index contributed by atoms with van der Waals surface area (Å²) in [5.41, 5.74) is -0.292. The fraction of sp³-hybridized carbons (Fsp3) is 0.464. The van der Waals surface area contributed by atoms with Gasteiger partial charge in [0.15, 0.2) is 0 Å². The topological polar surface area (TPSA) is 151 Å². The first kappa shape index (κ1) is 34.0. The smallest absolute Gasteiger partial charge is 0.387 e. The summed E-state index contributed by atoms with van der Waals surface area (Å²) < 4.78 is 51.3. The van der Waals surface area contributed by atoms with Crippen molar-refractivity contribution >= 4 is 23.9 Å².